The van der Waals surface area contributed by atoms with Crippen molar-refractivity contribution < 1.29 is 9.16 Å². The van der Waals surface area contributed by atoms with Crippen molar-refractivity contribution in [3.8, 4) is 11.6 Å². The predicted octanol–water partition coefficient (Wildman–Crippen LogP) is 8.31. The molecule has 5 heteroatoms. The van der Waals surface area contributed by atoms with Crippen LogP contribution < -0.4 is 9.16 Å². The van der Waals surface area contributed by atoms with Crippen LogP contribution in [0.15, 0.2) is 36.4 Å². The van der Waals surface area contributed by atoms with E-state index in [1.165, 1.54) is 25.7 Å². The van der Waals surface area contributed by atoms with Gasteiger partial charge in [-0.1, -0.05) is 70.3 Å². The van der Waals surface area contributed by atoms with E-state index in [4.69, 9.17) is 25.7 Å². The summed E-state index contributed by atoms with van der Waals surface area (Å²) in [7, 11) is -0.276. The molecule has 0 atom stereocenters. The zero-order valence-electron chi connectivity index (χ0n) is 20.7. The Morgan fingerprint density at radius 3 is 2.41 bits per heavy atom. The molecule has 1 aromatic heterocycles. The highest BCUT2D eigenvalue weighted by Crippen LogP contribution is 2.40. The van der Waals surface area contributed by atoms with Gasteiger partial charge in [-0.2, -0.15) is 0 Å². The van der Waals surface area contributed by atoms with Crippen LogP contribution in [0.4, 0.5) is 0 Å². The fourth-order valence-corrected chi connectivity index (χ4v) is 5.25. The second-order valence-electron chi connectivity index (χ2n) is 10.4. The van der Waals surface area contributed by atoms with Gasteiger partial charge >= 0.3 is 0 Å². The highest BCUT2D eigenvalue weighted by Gasteiger charge is 2.39. The van der Waals surface area contributed by atoms with Crippen LogP contribution in [-0.4, -0.2) is 20.4 Å². The first kappa shape index (κ1) is 24.9. The minimum Gasteiger partial charge on any atom is -0.543 e. The van der Waals surface area contributed by atoms with Gasteiger partial charge in [0, 0.05) is 11.1 Å². The predicted molar refractivity (Wildman–Crippen MR) is 138 cm³/mol. The molecule has 1 aliphatic rings. The first-order chi connectivity index (χ1) is 15.1. The third-order valence-electron chi connectivity index (χ3n) is 7.01. The summed E-state index contributed by atoms with van der Waals surface area (Å²) in [5, 5.41) is 0.770. The van der Waals surface area contributed by atoms with Gasteiger partial charge < -0.3 is 9.16 Å². The number of aryl methyl sites for hydroxylation is 1. The molecule has 0 unspecified atom stereocenters. The molecular weight excluding hydrogens is 434 g/mol. The zero-order chi connectivity index (χ0) is 23.5. The van der Waals surface area contributed by atoms with Crippen molar-refractivity contribution in [3.05, 3.63) is 58.3 Å². The Balaban J connectivity index is 2.02. The van der Waals surface area contributed by atoms with E-state index >= 15 is 0 Å². The van der Waals surface area contributed by atoms with Crippen LogP contribution in [0.2, 0.25) is 23.2 Å². The molecule has 32 heavy (non-hydrogen) atoms. The van der Waals surface area contributed by atoms with E-state index in [1.54, 1.807) is 7.11 Å². The van der Waals surface area contributed by atoms with Crippen molar-refractivity contribution in [1.82, 2.24) is 4.98 Å². The number of nitrogens with zero attached hydrogens (tertiary/aromatic N) is 1. The number of hydrogen-bond donors (Lipinski definition) is 0. The van der Waals surface area contributed by atoms with E-state index in [0.717, 1.165) is 34.6 Å². The number of pyridine rings is 1. The largest absolute Gasteiger partial charge is 0.543 e. The highest BCUT2D eigenvalue weighted by atomic mass is 35.5. The minimum atomic E-state index is -1.97. The summed E-state index contributed by atoms with van der Waals surface area (Å²) in [5.74, 6) is 2.05. The first-order valence-electron chi connectivity index (χ1n) is 11.8. The molecule has 0 bridgehead atoms. The number of halogens is 1. The van der Waals surface area contributed by atoms with Crippen LogP contribution in [0.5, 0.6) is 11.6 Å². The van der Waals surface area contributed by atoms with Crippen LogP contribution >= 0.6 is 11.6 Å². The van der Waals surface area contributed by atoms with E-state index < -0.39 is 8.32 Å². The maximum absolute atomic E-state index is 6.76. The third-order valence-corrected chi connectivity index (χ3v) is 11.6. The third kappa shape index (κ3) is 5.58. The first-order valence-corrected chi connectivity index (χ1v) is 15.1. The lowest BCUT2D eigenvalue weighted by atomic mass is 9.95. The topological polar surface area (TPSA) is 31.4 Å². The van der Waals surface area contributed by atoms with Crippen molar-refractivity contribution >= 4 is 25.5 Å². The second-order valence-corrected chi connectivity index (χ2v) is 15.5. The summed E-state index contributed by atoms with van der Waals surface area (Å²) < 4.78 is 12.1. The molecule has 0 amide bonds. The Morgan fingerprint density at radius 2 is 1.84 bits per heavy atom. The smallest absolute Gasteiger partial charge is 0.250 e. The molecule has 1 aliphatic carbocycles. The lowest BCUT2D eigenvalue weighted by Crippen LogP contribution is -2.43. The minimum absolute atomic E-state index is 0.115. The van der Waals surface area contributed by atoms with Crippen LogP contribution in [0.1, 0.15) is 70.2 Å². The Morgan fingerprint density at radius 1 is 1.16 bits per heavy atom. The molecule has 1 fully saturated rings. The van der Waals surface area contributed by atoms with Crippen molar-refractivity contribution in [1.29, 1.82) is 0 Å². The normalized spacial score (nSPS) is 15.8. The molecule has 0 radical (unpaired) electrons. The Labute approximate surface area is 200 Å². The molecule has 1 saturated carbocycles. The fourth-order valence-electron chi connectivity index (χ4n) is 3.93. The standard InChI is InChI=1S/C27H38ClNO2Si/c1-8-20-13-15-24(29-26(20)30-5)22(17-19-11-9-10-12-19)21-14-16-25(23(28)18-21)31-32(6,7)27(2,3)4/h13-19H,8-12H2,1-7H3/b22-17+. The lowest BCUT2D eigenvalue weighted by Gasteiger charge is -2.36. The van der Waals surface area contributed by atoms with Crippen LogP contribution in [-0.2, 0) is 6.42 Å². The number of ether oxygens (including phenoxy) is 1. The molecule has 0 aliphatic heterocycles. The molecule has 174 valence electrons. The molecule has 1 heterocycles. The molecule has 0 saturated heterocycles. The van der Waals surface area contributed by atoms with Gasteiger partial charge in [-0.25, -0.2) is 4.98 Å². The molecule has 3 rings (SSSR count). The van der Waals surface area contributed by atoms with Gasteiger partial charge in [-0.15, -0.1) is 0 Å². The van der Waals surface area contributed by atoms with E-state index in [9.17, 15) is 0 Å². The van der Waals surface area contributed by atoms with Gasteiger partial charge in [0.1, 0.15) is 5.75 Å². The summed E-state index contributed by atoms with van der Waals surface area (Å²) in [6.45, 7) is 13.3. The van der Waals surface area contributed by atoms with Crippen molar-refractivity contribution in [3.63, 3.8) is 0 Å². The van der Waals surface area contributed by atoms with Crippen molar-refractivity contribution in [2.75, 3.05) is 7.11 Å². The number of aromatic nitrogens is 1. The lowest BCUT2D eigenvalue weighted by molar-refractivity contribution is 0.392. The van der Waals surface area contributed by atoms with Crippen LogP contribution in [0.25, 0.3) is 5.57 Å². The summed E-state index contributed by atoms with van der Waals surface area (Å²) in [5.41, 5.74) is 4.25. The number of rotatable bonds is 7. The van der Waals surface area contributed by atoms with Gasteiger partial charge in [0.25, 0.3) is 8.32 Å². The Kier molecular flexibility index (Phi) is 7.77. The Hall–Kier alpha value is -1.78. The number of methoxy groups -OCH3 is 1. The SMILES string of the molecule is CCc1ccc(/C(=C/C2CCCC2)c2ccc(O[Si](C)(C)C(C)(C)C)c(Cl)c2)nc1OC. The number of benzene rings is 1. The summed E-state index contributed by atoms with van der Waals surface area (Å²) in [6, 6.07) is 10.4. The maximum Gasteiger partial charge on any atom is 0.250 e. The molecular formula is C27H38ClNO2Si. The quantitative estimate of drug-likeness (QED) is 0.380. The van der Waals surface area contributed by atoms with Gasteiger partial charge in [0.05, 0.1) is 17.8 Å². The van der Waals surface area contributed by atoms with Crippen molar-refractivity contribution in [2.45, 2.75) is 77.9 Å². The monoisotopic (exact) mass is 471 g/mol. The zero-order valence-corrected chi connectivity index (χ0v) is 22.5. The van der Waals surface area contributed by atoms with E-state index in [-0.39, 0.29) is 5.04 Å². The van der Waals surface area contributed by atoms with Gasteiger partial charge in [0.2, 0.25) is 5.88 Å². The molecule has 0 spiro atoms. The summed E-state index contributed by atoms with van der Waals surface area (Å²) in [4.78, 5) is 4.87. The average Bonchev–Trinajstić information content (AvgIpc) is 3.25. The number of allylic oxidation sites excluding steroid dienone is 1. The van der Waals surface area contributed by atoms with Crippen LogP contribution in [0, 0.1) is 5.92 Å². The summed E-state index contributed by atoms with van der Waals surface area (Å²) in [6.07, 6.45) is 8.33. The second kappa shape index (κ2) is 10.0. The summed E-state index contributed by atoms with van der Waals surface area (Å²) >= 11 is 6.76. The molecule has 0 N–H and O–H groups in total. The van der Waals surface area contributed by atoms with E-state index in [1.807, 2.05) is 12.1 Å². The highest BCUT2D eigenvalue weighted by molar-refractivity contribution is 6.74. The number of hydrogen-bond acceptors (Lipinski definition) is 3. The van der Waals surface area contributed by atoms with Crippen LogP contribution in [0.3, 0.4) is 0 Å². The average molecular weight is 472 g/mol. The Bertz CT molecular complexity index is 972. The van der Waals surface area contributed by atoms with Gasteiger partial charge in [-0.3, -0.25) is 0 Å². The van der Waals surface area contributed by atoms with E-state index in [0.29, 0.717) is 16.8 Å². The van der Waals surface area contributed by atoms with Gasteiger partial charge in [0.15, 0.2) is 0 Å². The van der Waals surface area contributed by atoms with E-state index in [2.05, 4.69) is 65.1 Å². The fraction of sp³-hybridized carbons (Fsp3) is 0.519. The molecule has 1 aromatic carbocycles. The molecule has 2 aromatic rings. The molecule has 3 nitrogen and oxygen atoms in total. The van der Waals surface area contributed by atoms with Gasteiger partial charge in [-0.05, 0) is 67.1 Å². The maximum atomic E-state index is 6.76. The van der Waals surface area contributed by atoms with Crippen molar-refractivity contribution in [2.24, 2.45) is 5.92 Å².